The van der Waals surface area contributed by atoms with Gasteiger partial charge in [0.05, 0.1) is 18.6 Å². The van der Waals surface area contributed by atoms with E-state index in [9.17, 15) is 4.79 Å². The first-order valence-corrected chi connectivity index (χ1v) is 6.69. The third kappa shape index (κ3) is 2.41. The Morgan fingerprint density at radius 2 is 1.83 bits per heavy atom. The molecule has 2 saturated heterocycles. The van der Waals surface area contributed by atoms with E-state index in [1.165, 1.54) is 5.56 Å². The maximum atomic E-state index is 12.2. The zero-order valence-electron chi connectivity index (χ0n) is 10.8. The first-order valence-electron chi connectivity index (χ1n) is 6.69. The predicted molar refractivity (Wildman–Crippen MR) is 69.4 cm³/mol. The Morgan fingerprint density at radius 3 is 2.44 bits per heavy atom. The molecule has 2 bridgehead atoms. The van der Waals surface area contributed by atoms with Crippen LogP contribution in [0.15, 0.2) is 24.3 Å². The van der Waals surface area contributed by atoms with Gasteiger partial charge in [-0.15, -0.1) is 0 Å². The van der Waals surface area contributed by atoms with Crippen LogP contribution < -0.4 is 0 Å². The minimum atomic E-state index is 0.235. The summed E-state index contributed by atoms with van der Waals surface area (Å²) in [5.74, 6) is 0.235. The molecule has 2 aliphatic heterocycles. The van der Waals surface area contributed by atoms with Gasteiger partial charge in [0, 0.05) is 13.1 Å². The summed E-state index contributed by atoms with van der Waals surface area (Å²) in [5, 5.41) is 0. The van der Waals surface area contributed by atoms with E-state index < -0.39 is 0 Å². The minimum absolute atomic E-state index is 0.235. The smallest absolute Gasteiger partial charge is 0.227 e. The lowest BCUT2D eigenvalue weighted by molar-refractivity contribution is -0.139. The van der Waals surface area contributed by atoms with Crippen LogP contribution in [0.3, 0.4) is 0 Å². The van der Waals surface area contributed by atoms with Gasteiger partial charge in [-0.3, -0.25) is 4.79 Å². The molecule has 2 unspecified atom stereocenters. The second-order valence-corrected chi connectivity index (χ2v) is 5.42. The van der Waals surface area contributed by atoms with Crippen molar-refractivity contribution in [3.63, 3.8) is 0 Å². The molecule has 0 aliphatic carbocycles. The van der Waals surface area contributed by atoms with Crippen LogP contribution in [-0.4, -0.2) is 36.1 Å². The van der Waals surface area contributed by atoms with Crippen LogP contribution in [0, 0.1) is 6.92 Å². The van der Waals surface area contributed by atoms with Gasteiger partial charge in [0.15, 0.2) is 0 Å². The van der Waals surface area contributed by atoms with E-state index in [2.05, 4.69) is 19.1 Å². The van der Waals surface area contributed by atoms with E-state index in [-0.39, 0.29) is 18.1 Å². The molecule has 2 aliphatic rings. The van der Waals surface area contributed by atoms with Crippen molar-refractivity contribution in [3.05, 3.63) is 35.4 Å². The molecule has 3 rings (SSSR count). The number of amides is 1. The van der Waals surface area contributed by atoms with E-state index in [1.807, 2.05) is 17.0 Å². The van der Waals surface area contributed by atoms with Gasteiger partial charge in [-0.1, -0.05) is 29.8 Å². The number of nitrogens with zero attached hydrogens (tertiary/aromatic N) is 1. The highest BCUT2D eigenvalue weighted by Crippen LogP contribution is 2.26. The Hall–Kier alpha value is -1.35. The van der Waals surface area contributed by atoms with Crippen molar-refractivity contribution < 1.29 is 9.53 Å². The van der Waals surface area contributed by atoms with Gasteiger partial charge in [-0.05, 0) is 25.3 Å². The lowest BCUT2D eigenvalue weighted by Gasteiger charge is -2.32. The van der Waals surface area contributed by atoms with Gasteiger partial charge in [0.2, 0.25) is 5.91 Å². The molecular weight excluding hydrogens is 226 g/mol. The van der Waals surface area contributed by atoms with Crippen molar-refractivity contribution in [2.45, 2.75) is 38.4 Å². The Morgan fingerprint density at radius 1 is 1.22 bits per heavy atom. The van der Waals surface area contributed by atoms with E-state index in [0.717, 1.165) is 31.5 Å². The lowest BCUT2D eigenvalue weighted by atomic mass is 10.1. The maximum absolute atomic E-state index is 12.2. The minimum Gasteiger partial charge on any atom is -0.371 e. The molecule has 18 heavy (non-hydrogen) atoms. The van der Waals surface area contributed by atoms with Crippen molar-refractivity contribution in [3.8, 4) is 0 Å². The van der Waals surface area contributed by atoms with E-state index in [1.54, 1.807) is 0 Å². The summed E-state index contributed by atoms with van der Waals surface area (Å²) >= 11 is 0. The molecule has 96 valence electrons. The number of carbonyl (C=O) groups is 1. The second-order valence-electron chi connectivity index (χ2n) is 5.42. The fourth-order valence-corrected chi connectivity index (χ4v) is 2.81. The lowest BCUT2D eigenvalue weighted by Crippen LogP contribution is -2.46. The van der Waals surface area contributed by atoms with Gasteiger partial charge in [0.1, 0.15) is 0 Å². The molecular formula is C15H19NO2. The van der Waals surface area contributed by atoms with Crippen LogP contribution in [0.25, 0.3) is 0 Å². The van der Waals surface area contributed by atoms with E-state index in [0.29, 0.717) is 6.42 Å². The summed E-state index contributed by atoms with van der Waals surface area (Å²) in [4.78, 5) is 14.2. The standard InChI is InChI=1S/C15H19NO2/c1-11-2-4-12(5-3-11)8-15(17)16-9-13-6-7-14(10-16)18-13/h2-5,13-14H,6-10H2,1H3. The molecule has 2 atom stereocenters. The summed E-state index contributed by atoms with van der Waals surface area (Å²) in [7, 11) is 0. The summed E-state index contributed by atoms with van der Waals surface area (Å²) in [6, 6.07) is 8.21. The first-order chi connectivity index (χ1) is 8.70. The topological polar surface area (TPSA) is 29.5 Å². The number of morpholine rings is 1. The van der Waals surface area contributed by atoms with Crippen LogP contribution in [0.4, 0.5) is 0 Å². The molecule has 3 nitrogen and oxygen atoms in total. The number of aryl methyl sites for hydroxylation is 1. The zero-order chi connectivity index (χ0) is 12.5. The van der Waals surface area contributed by atoms with Crippen molar-refractivity contribution in [1.29, 1.82) is 0 Å². The van der Waals surface area contributed by atoms with Crippen LogP contribution >= 0.6 is 0 Å². The van der Waals surface area contributed by atoms with Gasteiger partial charge in [0.25, 0.3) is 0 Å². The monoisotopic (exact) mass is 245 g/mol. The highest BCUT2D eigenvalue weighted by atomic mass is 16.5. The summed E-state index contributed by atoms with van der Waals surface area (Å²) in [5.41, 5.74) is 2.33. The number of fused-ring (bicyclic) bond motifs is 2. The maximum Gasteiger partial charge on any atom is 0.227 e. The van der Waals surface area contributed by atoms with Crippen LogP contribution in [0.2, 0.25) is 0 Å². The van der Waals surface area contributed by atoms with Crippen LogP contribution in [-0.2, 0) is 16.0 Å². The van der Waals surface area contributed by atoms with Gasteiger partial charge in [-0.25, -0.2) is 0 Å². The highest BCUT2D eigenvalue weighted by Gasteiger charge is 2.35. The third-order valence-corrected chi connectivity index (χ3v) is 3.87. The molecule has 0 spiro atoms. The van der Waals surface area contributed by atoms with Crippen LogP contribution in [0.5, 0.6) is 0 Å². The molecule has 0 radical (unpaired) electrons. The number of ether oxygens (including phenoxy) is 1. The fourth-order valence-electron chi connectivity index (χ4n) is 2.81. The summed E-state index contributed by atoms with van der Waals surface area (Å²) in [6.45, 7) is 3.62. The zero-order valence-corrected chi connectivity index (χ0v) is 10.8. The number of carbonyl (C=O) groups excluding carboxylic acids is 1. The SMILES string of the molecule is Cc1ccc(CC(=O)N2CC3CCC(C2)O3)cc1. The Bertz CT molecular complexity index is 428. The van der Waals surface area contributed by atoms with E-state index in [4.69, 9.17) is 4.74 Å². The van der Waals surface area contributed by atoms with Crippen LogP contribution in [0.1, 0.15) is 24.0 Å². The molecule has 2 heterocycles. The van der Waals surface area contributed by atoms with E-state index >= 15 is 0 Å². The summed E-state index contributed by atoms with van der Waals surface area (Å²) in [6.07, 6.45) is 3.30. The van der Waals surface area contributed by atoms with Crippen molar-refractivity contribution in [2.24, 2.45) is 0 Å². The Labute approximate surface area is 108 Å². The van der Waals surface area contributed by atoms with Crippen molar-refractivity contribution >= 4 is 5.91 Å². The van der Waals surface area contributed by atoms with Gasteiger partial charge in [-0.2, -0.15) is 0 Å². The predicted octanol–water partition coefficient (Wildman–Crippen LogP) is 1.93. The highest BCUT2D eigenvalue weighted by molar-refractivity contribution is 5.79. The fraction of sp³-hybridized carbons (Fsp3) is 0.533. The molecule has 1 amide bonds. The normalized spacial score (nSPS) is 26.4. The molecule has 0 aromatic heterocycles. The first kappa shape index (κ1) is 11.7. The molecule has 2 fully saturated rings. The molecule has 1 aromatic rings. The molecule has 0 N–H and O–H groups in total. The number of rotatable bonds is 2. The largest absolute Gasteiger partial charge is 0.371 e. The Kier molecular flexibility index (Phi) is 3.08. The number of hydrogen-bond donors (Lipinski definition) is 0. The number of benzene rings is 1. The van der Waals surface area contributed by atoms with Gasteiger partial charge >= 0.3 is 0 Å². The Balaban J connectivity index is 1.63. The molecule has 0 saturated carbocycles. The number of likely N-dealkylation sites (tertiary alicyclic amines) is 1. The molecule has 3 heteroatoms. The third-order valence-electron chi connectivity index (χ3n) is 3.87. The van der Waals surface area contributed by atoms with Crippen molar-refractivity contribution in [1.82, 2.24) is 4.90 Å². The quantitative estimate of drug-likeness (QED) is 0.796. The molecule has 1 aromatic carbocycles. The second kappa shape index (κ2) is 4.73. The average Bonchev–Trinajstić information content (AvgIpc) is 2.71. The van der Waals surface area contributed by atoms with Crippen molar-refractivity contribution in [2.75, 3.05) is 13.1 Å². The average molecular weight is 245 g/mol. The summed E-state index contributed by atoms with van der Waals surface area (Å²) < 4.78 is 5.75. The van der Waals surface area contributed by atoms with Gasteiger partial charge < -0.3 is 9.64 Å². The number of hydrogen-bond acceptors (Lipinski definition) is 2.